The number of nitrogens with zero attached hydrogens (tertiary/aromatic N) is 2. The number of hydrogen-bond donors (Lipinski definition) is 3. The maximum Gasteiger partial charge on any atom is 0.407 e. The van der Waals surface area contributed by atoms with Crippen molar-refractivity contribution >= 4 is 18.0 Å². The molecule has 1 heterocycles. The molecule has 7 heteroatoms. The number of benzene rings is 1. The molecule has 0 radical (unpaired) electrons. The molecule has 0 aliphatic heterocycles. The third-order valence-electron chi connectivity index (χ3n) is 3.01. The standard InChI is InChI=1S/C16H17N5O2/c17-10-13-14(20-21-15(13)18)8-4-5-9-19-16(22)23-11-12-6-2-1-3-7-12/h1-4,6-8H,5,9,11H2,(H,19,22)(H3,18,20,21). The molecule has 1 amide bonds. The number of carbonyl (C=O) groups is 1. The molecule has 1 aromatic heterocycles. The topological polar surface area (TPSA) is 117 Å². The molecule has 23 heavy (non-hydrogen) atoms. The van der Waals surface area contributed by atoms with Crippen molar-refractivity contribution in [1.82, 2.24) is 15.5 Å². The highest BCUT2D eigenvalue weighted by atomic mass is 16.5. The van der Waals surface area contributed by atoms with Crippen LogP contribution in [0.1, 0.15) is 23.2 Å². The summed E-state index contributed by atoms with van der Waals surface area (Å²) in [6, 6.07) is 11.4. The minimum absolute atomic E-state index is 0.176. The summed E-state index contributed by atoms with van der Waals surface area (Å²) < 4.78 is 5.08. The third kappa shape index (κ3) is 4.89. The average Bonchev–Trinajstić information content (AvgIpc) is 2.93. The molecule has 2 rings (SSSR count). The number of carbonyl (C=O) groups excluding carboxylic acids is 1. The van der Waals surface area contributed by atoms with E-state index in [0.29, 0.717) is 24.2 Å². The fraction of sp³-hybridized carbons (Fsp3) is 0.188. The number of aromatic nitrogens is 2. The lowest BCUT2D eigenvalue weighted by Gasteiger charge is -2.05. The Kier molecular flexibility index (Phi) is 5.77. The Morgan fingerprint density at radius 1 is 1.43 bits per heavy atom. The number of ether oxygens (including phenoxy) is 1. The fourth-order valence-corrected chi connectivity index (χ4v) is 1.84. The van der Waals surface area contributed by atoms with E-state index in [1.54, 1.807) is 6.08 Å². The number of alkyl carbamates (subject to hydrolysis) is 1. The highest BCUT2D eigenvalue weighted by molar-refractivity contribution is 5.67. The molecule has 0 unspecified atom stereocenters. The Hall–Kier alpha value is -3.27. The van der Waals surface area contributed by atoms with E-state index < -0.39 is 6.09 Å². The Bertz CT molecular complexity index is 716. The first-order valence-electron chi connectivity index (χ1n) is 7.05. The SMILES string of the molecule is N#Cc1c(N)n[nH]c1C=CCCNC(=O)OCc1ccccc1. The van der Waals surface area contributed by atoms with E-state index in [1.165, 1.54) is 0 Å². The van der Waals surface area contributed by atoms with Crippen molar-refractivity contribution in [2.24, 2.45) is 0 Å². The summed E-state index contributed by atoms with van der Waals surface area (Å²) in [4.78, 5) is 11.5. The number of nitrogens with one attached hydrogen (secondary N) is 2. The summed E-state index contributed by atoms with van der Waals surface area (Å²) in [6.07, 6.45) is 3.64. The fourth-order valence-electron chi connectivity index (χ4n) is 1.84. The summed E-state index contributed by atoms with van der Waals surface area (Å²) in [5.74, 6) is 0.176. The number of hydrogen-bond acceptors (Lipinski definition) is 5. The van der Waals surface area contributed by atoms with Gasteiger partial charge in [-0.05, 0) is 18.1 Å². The number of nitrogen functional groups attached to an aromatic ring is 1. The second kappa shape index (κ2) is 8.24. The largest absolute Gasteiger partial charge is 0.445 e. The van der Waals surface area contributed by atoms with Crippen LogP contribution in [-0.4, -0.2) is 22.8 Å². The van der Waals surface area contributed by atoms with E-state index in [0.717, 1.165) is 5.56 Å². The van der Waals surface area contributed by atoms with Crippen LogP contribution in [0.4, 0.5) is 10.6 Å². The van der Waals surface area contributed by atoms with Crippen molar-refractivity contribution in [3.63, 3.8) is 0 Å². The highest BCUT2D eigenvalue weighted by Gasteiger charge is 2.06. The number of nitriles is 1. The molecule has 0 atom stereocenters. The van der Waals surface area contributed by atoms with Gasteiger partial charge in [-0.2, -0.15) is 10.4 Å². The second-order valence-electron chi connectivity index (χ2n) is 4.69. The number of rotatable bonds is 6. The van der Waals surface area contributed by atoms with Crippen molar-refractivity contribution in [2.75, 3.05) is 12.3 Å². The van der Waals surface area contributed by atoms with Gasteiger partial charge in [-0.25, -0.2) is 4.79 Å². The molecule has 0 bridgehead atoms. The van der Waals surface area contributed by atoms with E-state index in [1.807, 2.05) is 42.5 Å². The van der Waals surface area contributed by atoms with Gasteiger partial charge in [0, 0.05) is 6.54 Å². The predicted molar refractivity (Wildman–Crippen MR) is 86.0 cm³/mol. The van der Waals surface area contributed by atoms with Gasteiger partial charge in [0.05, 0.1) is 5.69 Å². The van der Waals surface area contributed by atoms with Crippen LogP contribution in [0.3, 0.4) is 0 Å². The molecule has 0 saturated carbocycles. The molecule has 7 nitrogen and oxygen atoms in total. The van der Waals surface area contributed by atoms with Crippen molar-refractivity contribution in [2.45, 2.75) is 13.0 Å². The Labute approximate surface area is 133 Å². The van der Waals surface area contributed by atoms with Crippen LogP contribution in [0.15, 0.2) is 36.4 Å². The maximum atomic E-state index is 11.5. The summed E-state index contributed by atoms with van der Waals surface area (Å²) in [5, 5.41) is 18.0. The molecular formula is C16H17N5O2. The quantitative estimate of drug-likeness (QED) is 0.707. The van der Waals surface area contributed by atoms with Crippen molar-refractivity contribution in [3.8, 4) is 6.07 Å². The van der Waals surface area contributed by atoms with Gasteiger partial charge in [0.25, 0.3) is 0 Å². The first kappa shape index (κ1) is 16.1. The summed E-state index contributed by atoms with van der Waals surface area (Å²) >= 11 is 0. The van der Waals surface area contributed by atoms with Gasteiger partial charge in [-0.15, -0.1) is 0 Å². The molecule has 4 N–H and O–H groups in total. The minimum Gasteiger partial charge on any atom is -0.445 e. The average molecular weight is 311 g/mol. The smallest absolute Gasteiger partial charge is 0.407 e. The Morgan fingerprint density at radius 3 is 2.96 bits per heavy atom. The van der Waals surface area contributed by atoms with Crippen LogP contribution in [0.5, 0.6) is 0 Å². The molecule has 0 aliphatic carbocycles. The van der Waals surface area contributed by atoms with Crippen molar-refractivity contribution in [3.05, 3.63) is 53.2 Å². The number of nitrogens with two attached hydrogens (primary N) is 1. The summed E-state index contributed by atoms with van der Waals surface area (Å²) in [6.45, 7) is 0.664. The highest BCUT2D eigenvalue weighted by Crippen LogP contribution is 2.13. The monoisotopic (exact) mass is 311 g/mol. The second-order valence-corrected chi connectivity index (χ2v) is 4.69. The zero-order chi connectivity index (χ0) is 16.5. The van der Waals surface area contributed by atoms with Crippen LogP contribution < -0.4 is 11.1 Å². The third-order valence-corrected chi connectivity index (χ3v) is 3.01. The lowest BCUT2D eigenvalue weighted by Crippen LogP contribution is -2.24. The van der Waals surface area contributed by atoms with Crippen LogP contribution >= 0.6 is 0 Å². The van der Waals surface area contributed by atoms with Gasteiger partial charge in [0.2, 0.25) is 0 Å². The molecule has 0 saturated heterocycles. The van der Waals surface area contributed by atoms with E-state index in [4.69, 9.17) is 15.7 Å². The van der Waals surface area contributed by atoms with Crippen molar-refractivity contribution < 1.29 is 9.53 Å². The van der Waals surface area contributed by atoms with Crippen LogP contribution in [0.2, 0.25) is 0 Å². The number of anilines is 1. The van der Waals surface area contributed by atoms with Crippen molar-refractivity contribution in [1.29, 1.82) is 5.26 Å². The molecule has 0 fully saturated rings. The summed E-state index contributed by atoms with van der Waals surface area (Å²) in [5.41, 5.74) is 7.33. The van der Waals surface area contributed by atoms with Gasteiger partial charge in [-0.3, -0.25) is 5.10 Å². The maximum absolute atomic E-state index is 11.5. The van der Waals surface area contributed by atoms with Gasteiger partial charge < -0.3 is 15.8 Å². The predicted octanol–water partition coefficient (Wildman–Crippen LogP) is 2.19. The van der Waals surface area contributed by atoms with Gasteiger partial charge in [-0.1, -0.05) is 36.4 Å². The molecule has 0 aliphatic rings. The summed E-state index contributed by atoms with van der Waals surface area (Å²) in [7, 11) is 0. The van der Waals surface area contributed by atoms with Gasteiger partial charge in [0.1, 0.15) is 18.2 Å². The van der Waals surface area contributed by atoms with Gasteiger partial charge >= 0.3 is 6.09 Å². The first-order valence-corrected chi connectivity index (χ1v) is 7.05. The number of aromatic amines is 1. The van der Waals surface area contributed by atoms with E-state index in [9.17, 15) is 4.79 Å². The number of H-pyrrole nitrogens is 1. The Morgan fingerprint density at radius 2 is 2.22 bits per heavy atom. The molecule has 0 spiro atoms. The van der Waals surface area contributed by atoms with Crippen LogP contribution in [0, 0.1) is 11.3 Å². The Balaban J connectivity index is 1.68. The lowest BCUT2D eigenvalue weighted by molar-refractivity contribution is 0.140. The zero-order valence-corrected chi connectivity index (χ0v) is 12.5. The molecule has 118 valence electrons. The number of amides is 1. The first-order chi connectivity index (χ1) is 11.2. The van der Waals surface area contributed by atoms with E-state index in [-0.39, 0.29) is 12.4 Å². The zero-order valence-electron chi connectivity index (χ0n) is 12.5. The molecule has 2 aromatic rings. The molecular weight excluding hydrogens is 294 g/mol. The lowest BCUT2D eigenvalue weighted by atomic mass is 10.2. The van der Waals surface area contributed by atoms with E-state index in [2.05, 4.69) is 15.5 Å². The molecule has 1 aromatic carbocycles. The van der Waals surface area contributed by atoms with E-state index >= 15 is 0 Å². The van der Waals surface area contributed by atoms with Gasteiger partial charge in [0.15, 0.2) is 5.82 Å². The van der Waals surface area contributed by atoms with Crippen LogP contribution in [-0.2, 0) is 11.3 Å². The minimum atomic E-state index is -0.467. The normalized spacial score (nSPS) is 10.4. The van der Waals surface area contributed by atoms with Crippen LogP contribution in [0.25, 0.3) is 6.08 Å².